The Morgan fingerprint density at radius 3 is 2.50 bits per heavy atom. The maximum Gasteiger partial charge on any atom is 0.270 e. The Morgan fingerprint density at radius 2 is 1.94 bits per heavy atom. The molecular weight excluding hydrogens is 250 g/mol. The van der Waals surface area contributed by atoms with Crippen LogP contribution in [0.25, 0.3) is 5.57 Å². The van der Waals surface area contributed by atoms with Crippen LogP contribution in [0.4, 0.5) is 5.69 Å². The van der Waals surface area contributed by atoms with Crippen molar-refractivity contribution in [1.82, 2.24) is 0 Å². The summed E-state index contributed by atoms with van der Waals surface area (Å²) >= 11 is 6.30. The molecule has 0 saturated carbocycles. The molecule has 0 aliphatic rings. The fourth-order valence-electron chi connectivity index (χ4n) is 1.86. The largest absolute Gasteiger partial charge is 0.270 e. The van der Waals surface area contributed by atoms with E-state index in [0.717, 1.165) is 41.9 Å². The Hall–Kier alpha value is -1.35. The molecule has 1 rings (SSSR count). The van der Waals surface area contributed by atoms with Gasteiger partial charge in [0.1, 0.15) is 0 Å². The zero-order valence-electron chi connectivity index (χ0n) is 10.8. The van der Waals surface area contributed by atoms with Crippen molar-refractivity contribution < 1.29 is 4.92 Å². The van der Waals surface area contributed by atoms with Crippen LogP contribution in [0.5, 0.6) is 0 Å². The van der Waals surface area contributed by atoms with E-state index in [9.17, 15) is 10.1 Å². The van der Waals surface area contributed by atoms with Gasteiger partial charge in [-0.2, -0.15) is 0 Å². The average Bonchev–Trinajstić information content (AvgIpc) is 2.36. The van der Waals surface area contributed by atoms with Gasteiger partial charge in [0.05, 0.1) is 4.92 Å². The molecule has 0 bridgehead atoms. The van der Waals surface area contributed by atoms with Crippen LogP contribution in [0.3, 0.4) is 0 Å². The highest BCUT2D eigenvalue weighted by Gasteiger charge is 2.11. The number of halogens is 1. The van der Waals surface area contributed by atoms with Crippen LogP contribution < -0.4 is 0 Å². The predicted octanol–water partition coefficient (Wildman–Crippen LogP) is 5.14. The van der Waals surface area contributed by atoms with E-state index in [1.165, 1.54) is 6.07 Å². The molecule has 0 fully saturated rings. The molecule has 0 N–H and O–H groups in total. The van der Waals surface area contributed by atoms with E-state index in [1.807, 2.05) is 6.07 Å². The third kappa shape index (κ3) is 3.84. The van der Waals surface area contributed by atoms with Crippen molar-refractivity contribution in [3.8, 4) is 0 Å². The molecule has 0 aromatic heterocycles. The second-order valence-electron chi connectivity index (χ2n) is 4.19. The summed E-state index contributed by atoms with van der Waals surface area (Å²) in [4.78, 5) is 10.4. The molecule has 0 atom stereocenters. The smallest absolute Gasteiger partial charge is 0.258 e. The van der Waals surface area contributed by atoms with E-state index in [4.69, 9.17) is 11.6 Å². The minimum atomic E-state index is -0.374. The highest BCUT2D eigenvalue weighted by Crippen LogP contribution is 2.30. The number of nitro groups is 1. The van der Waals surface area contributed by atoms with Gasteiger partial charge < -0.3 is 0 Å². The molecule has 0 spiro atoms. The fourth-order valence-corrected chi connectivity index (χ4v) is 2.26. The van der Waals surface area contributed by atoms with Gasteiger partial charge in [-0.05, 0) is 24.0 Å². The zero-order chi connectivity index (χ0) is 13.5. The fraction of sp³-hybridized carbons (Fsp3) is 0.429. The van der Waals surface area contributed by atoms with Crippen molar-refractivity contribution in [2.45, 2.75) is 39.5 Å². The van der Waals surface area contributed by atoms with Gasteiger partial charge in [0, 0.05) is 17.2 Å². The molecule has 18 heavy (non-hydrogen) atoms. The van der Waals surface area contributed by atoms with Gasteiger partial charge in [-0.1, -0.05) is 50.4 Å². The van der Waals surface area contributed by atoms with Crippen LogP contribution in [0.1, 0.15) is 45.1 Å². The Balaban J connectivity index is 3.17. The number of benzene rings is 1. The summed E-state index contributed by atoms with van der Waals surface area (Å²) < 4.78 is 0. The summed E-state index contributed by atoms with van der Waals surface area (Å²) in [5, 5.41) is 11.6. The number of rotatable bonds is 6. The molecule has 4 heteroatoms. The lowest BCUT2D eigenvalue weighted by atomic mass is 9.99. The molecule has 3 nitrogen and oxygen atoms in total. The highest BCUT2D eigenvalue weighted by atomic mass is 35.5. The summed E-state index contributed by atoms with van der Waals surface area (Å²) in [6, 6.07) is 6.69. The summed E-state index contributed by atoms with van der Waals surface area (Å²) in [7, 11) is 0. The van der Waals surface area contributed by atoms with E-state index < -0.39 is 0 Å². The standard InChI is InChI=1S/C14H18ClNO2/c1-3-6-13(14(15)7-4-2)11-8-5-9-12(10-11)16(17)18/h5,8-10H,3-4,6-7H2,1-2H3/b14-13-. The zero-order valence-corrected chi connectivity index (χ0v) is 11.5. The van der Waals surface area contributed by atoms with Crippen LogP contribution in [-0.2, 0) is 0 Å². The minimum absolute atomic E-state index is 0.113. The Labute approximate surface area is 113 Å². The van der Waals surface area contributed by atoms with Crippen molar-refractivity contribution >= 4 is 22.9 Å². The molecule has 0 saturated heterocycles. The number of hydrogen-bond donors (Lipinski definition) is 0. The van der Waals surface area contributed by atoms with Crippen molar-refractivity contribution in [3.63, 3.8) is 0 Å². The van der Waals surface area contributed by atoms with Crippen molar-refractivity contribution in [2.24, 2.45) is 0 Å². The predicted molar refractivity (Wildman–Crippen MR) is 75.7 cm³/mol. The van der Waals surface area contributed by atoms with Crippen LogP contribution >= 0.6 is 11.6 Å². The van der Waals surface area contributed by atoms with Crippen molar-refractivity contribution in [3.05, 3.63) is 45.0 Å². The van der Waals surface area contributed by atoms with E-state index >= 15 is 0 Å². The van der Waals surface area contributed by atoms with E-state index in [-0.39, 0.29) is 10.6 Å². The Kier molecular flexibility index (Phi) is 5.86. The highest BCUT2D eigenvalue weighted by molar-refractivity contribution is 6.32. The lowest BCUT2D eigenvalue weighted by Crippen LogP contribution is -1.92. The molecule has 1 aromatic carbocycles. The summed E-state index contributed by atoms with van der Waals surface area (Å²) in [5.41, 5.74) is 2.01. The topological polar surface area (TPSA) is 43.1 Å². The van der Waals surface area contributed by atoms with Gasteiger partial charge in [0.25, 0.3) is 5.69 Å². The lowest BCUT2D eigenvalue weighted by Gasteiger charge is -2.10. The maximum atomic E-state index is 10.8. The molecule has 0 heterocycles. The molecule has 98 valence electrons. The van der Waals surface area contributed by atoms with Crippen molar-refractivity contribution in [1.29, 1.82) is 0 Å². The first kappa shape index (κ1) is 14.7. The molecule has 0 amide bonds. The van der Waals surface area contributed by atoms with Crippen LogP contribution in [-0.4, -0.2) is 4.92 Å². The number of nitro benzene ring substituents is 1. The van der Waals surface area contributed by atoms with Crippen LogP contribution in [0.2, 0.25) is 0 Å². The number of nitrogens with zero attached hydrogens (tertiary/aromatic N) is 1. The van der Waals surface area contributed by atoms with Gasteiger partial charge in [-0.25, -0.2) is 0 Å². The van der Waals surface area contributed by atoms with Crippen molar-refractivity contribution in [2.75, 3.05) is 0 Å². The van der Waals surface area contributed by atoms with Gasteiger partial charge in [-0.15, -0.1) is 0 Å². The van der Waals surface area contributed by atoms with E-state index in [1.54, 1.807) is 12.1 Å². The summed E-state index contributed by atoms with van der Waals surface area (Å²) in [6.07, 6.45) is 3.61. The summed E-state index contributed by atoms with van der Waals surface area (Å²) in [5.74, 6) is 0. The normalized spacial score (nSPS) is 12.2. The first-order chi connectivity index (χ1) is 8.60. The van der Waals surface area contributed by atoms with Gasteiger partial charge in [0.15, 0.2) is 0 Å². The second kappa shape index (κ2) is 7.17. The minimum Gasteiger partial charge on any atom is -0.258 e. The molecule has 1 aromatic rings. The van der Waals surface area contributed by atoms with Gasteiger partial charge in [-0.3, -0.25) is 10.1 Å². The summed E-state index contributed by atoms with van der Waals surface area (Å²) in [6.45, 7) is 4.15. The average molecular weight is 268 g/mol. The monoisotopic (exact) mass is 267 g/mol. The third-order valence-electron chi connectivity index (χ3n) is 2.70. The van der Waals surface area contributed by atoms with E-state index in [0.29, 0.717) is 0 Å². The Bertz CT molecular complexity index is 455. The van der Waals surface area contributed by atoms with E-state index in [2.05, 4.69) is 13.8 Å². The lowest BCUT2D eigenvalue weighted by molar-refractivity contribution is -0.384. The number of allylic oxidation sites excluding steroid dienone is 2. The maximum absolute atomic E-state index is 10.8. The second-order valence-corrected chi connectivity index (χ2v) is 4.65. The molecular formula is C14H18ClNO2. The van der Waals surface area contributed by atoms with Gasteiger partial charge in [0.2, 0.25) is 0 Å². The third-order valence-corrected chi connectivity index (χ3v) is 3.12. The quantitative estimate of drug-likeness (QED) is 0.529. The molecule has 0 aliphatic heterocycles. The Morgan fingerprint density at radius 1 is 1.28 bits per heavy atom. The van der Waals surface area contributed by atoms with Crippen LogP contribution in [0, 0.1) is 10.1 Å². The first-order valence-electron chi connectivity index (χ1n) is 6.22. The number of non-ortho nitro benzene ring substituents is 1. The first-order valence-corrected chi connectivity index (χ1v) is 6.60. The SMILES string of the molecule is CCC/C(Cl)=C(\CCC)c1cccc([N+](=O)[O-])c1. The molecule has 0 aliphatic carbocycles. The molecule has 0 radical (unpaired) electrons. The van der Waals surface area contributed by atoms with Gasteiger partial charge >= 0.3 is 0 Å². The number of hydrogen-bond acceptors (Lipinski definition) is 2. The van der Waals surface area contributed by atoms with Crippen LogP contribution in [0.15, 0.2) is 29.3 Å². The molecule has 0 unspecified atom stereocenters.